The summed E-state index contributed by atoms with van der Waals surface area (Å²) in [5.41, 5.74) is 0.808. The molecule has 5 nitrogen and oxygen atoms in total. The fraction of sp³-hybridized carbons (Fsp3) is 0.222. The Labute approximate surface area is 90.6 Å². The number of hydrogen-bond donors (Lipinski definition) is 0. The molecule has 0 spiro atoms. The van der Waals surface area contributed by atoms with Crippen LogP contribution >= 0.6 is 11.6 Å². The average molecular weight is 226 g/mol. The van der Waals surface area contributed by atoms with Gasteiger partial charge in [0.2, 0.25) is 0 Å². The SMILES string of the molecule is CCOC(=O)c1cn2nccc2nc1Cl. The van der Waals surface area contributed by atoms with E-state index in [-0.39, 0.29) is 10.7 Å². The van der Waals surface area contributed by atoms with Crippen LogP contribution < -0.4 is 0 Å². The molecule has 0 bridgehead atoms. The third-order valence-corrected chi connectivity index (χ3v) is 2.12. The van der Waals surface area contributed by atoms with Gasteiger partial charge in [-0.15, -0.1) is 0 Å². The number of aromatic nitrogens is 3. The minimum atomic E-state index is -0.493. The summed E-state index contributed by atoms with van der Waals surface area (Å²) in [6.45, 7) is 2.03. The van der Waals surface area contributed by atoms with Gasteiger partial charge in [-0.05, 0) is 6.92 Å². The zero-order chi connectivity index (χ0) is 10.8. The molecule has 0 amide bonds. The first kappa shape index (κ1) is 9.92. The standard InChI is InChI=1S/C9H8ClN3O2/c1-2-15-9(14)6-5-13-7(3-4-11-13)12-8(6)10/h3-5H,2H2,1H3. The van der Waals surface area contributed by atoms with Crippen LogP contribution in [0.1, 0.15) is 17.3 Å². The van der Waals surface area contributed by atoms with Crippen molar-refractivity contribution in [2.45, 2.75) is 6.92 Å². The molecule has 15 heavy (non-hydrogen) atoms. The lowest BCUT2D eigenvalue weighted by molar-refractivity contribution is 0.0525. The van der Waals surface area contributed by atoms with Crippen molar-refractivity contribution >= 4 is 23.2 Å². The fourth-order valence-corrected chi connectivity index (χ4v) is 1.39. The second-order valence-electron chi connectivity index (χ2n) is 2.80. The molecular formula is C9H8ClN3O2. The molecule has 0 unspecified atom stereocenters. The summed E-state index contributed by atoms with van der Waals surface area (Å²) in [5.74, 6) is -0.493. The van der Waals surface area contributed by atoms with Gasteiger partial charge < -0.3 is 4.74 Å². The van der Waals surface area contributed by atoms with Crippen molar-refractivity contribution in [1.82, 2.24) is 14.6 Å². The predicted octanol–water partition coefficient (Wildman–Crippen LogP) is 1.56. The number of nitrogens with zero attached hydrogens (tertiary/aromatic N) is 3. The van der Waals surface area contributed by atoms with E-state index in [0.717, 1.165) is 0 Å². The summed E-state index contributed by atoms with van der Waals surface area (Å²) in [6, 6.07) is 1.70. The van der Waals surface area contributed by atoms with Crippen molar-refractivity contribution in [3.05, 3.63) is 29.2 Å². The van der Waals surface area contributed by atoms with Gasteiger partial charge in [0.1, 0.15) is 10.7 Å². The Kier molecular flexibility index (Phi) is 2.55. The minimum Gasteiger partial charge on any atom is -0.462 e. The molecule has 0 radical (unpaired) electrons. The zero-order valence-corrected chi connectivity index (χ0v) is 8.73. The first-order valence-electron chi connectivity index (χ1n) is 4.39. The van der Waals surface area contributed by atoms with Gasteiger partial charge in [-0.25, -0.2) is 14.3 Å². The Balaban J connectivity index is 2.50. The van der Waals surface area contributed by atoms with Crippen LogP contribution in [0, 0.1) is 0 Å². The number of hydrogen-bond acceptors (Lipinski definition) is 4. The Bertz CT molecular complexity index is 509. The van der Waals surface area contributed by atoms with Gasteiger partial charge in [0.05, 0.1) is 12.8 Å². The van der Waals surface area contributed by atoms with Crippen LogP contribution in [0.3, 0.4) is 0 Å². The van der Waals surface area contributed by atoms with Gasteiger partial charge in [0, 0.05) is 12.3 Å². The van der Waals surface area contributed by atoms with E-state index in [0.29, 0.717) is 12.3 Å². The van der Waals surface area contributed by atoms with Crippen LogP contribution in [0.2, 0.25) is 5.15 Å². The molecule has 0 saturated heterocycles. The van der Waals surface area contributed by atoms with Gasteiger partial charge in [-0.2, -0.15) is 5.10 Å². The highest BCUT2D eigenvalue weighted by Gasteiger charge is 2.14. The highest BCUT2D eigenvalue weighted by molar-refractivity contribution is 6.32. The van der Waals surface area contributed by atoms with Crippen molar-refractivity contribution < 1.29 is 9.53 Å². The number of halogens is 1. The first-order chi connectivity index (χ1) is 7.22. The van der Waals surface area contributed by atoms with Gasteiger partial charge in [-0.1, -0.05) is 11.6 Å². The maximum Gasteiger partial charge on any atom is 0.342 e. The summed E-state index contributed by atoms with van der Waals surface area (Å²) in [6.07, 6.45) is 3.08. The van der Waals surface area contributed by atoms with Gasteiger partial charge >= 0.3 is 5.97 Å². The number of esters is 1. The van der Waals surface area contributed by atoms with E-state index in [4.69, 9.17) is 16.3 Å². The number of rotatable bonds is 2. The van der Waals surface area contributed by atoms with Crippen molar-refractivity contribution in [3.8, 4) is 0 Å². The average Bonchev–Trinajstić information content (AvgIpc) is 2.63. The van der Waals surface area contributed by atoms with Crippen molar-refractivity contribution in [2.75, 3.05) is 6.61 Å². The molecule has 2 aromatic rings. The van der Waals surface area contributed by atoms with Crippen molar-refractivity contribution in [1.29, 1.82) is 0 Å². The minimum absolute atomic E-state index is 0.126. The van der Waals surface area contributed by atoms with Crippen LogP contribution in [0.5, 0.6) is 0 Å². The third-order valence-electron chi connectivity index (χ3n) is 1.83. The van der Waals surface area contributed by atoms with Gasteiger partial charge in [0.15, 0.2) is 5.65 Å². The Hall–Kier alpha value is -1.62. The molecule has 0 saturated carbocycles. The number of ether oxygens (including phenoxy) is 1. The van der Waals surface area contributed by atoms with E-state index < -0.39 is 5.97 Å². The lowest BCUT2D eigenvalue weighted by Gasteiger charge is -2.03. The summed E-state index contributed by atoms with van der Waals surface area (Å²) >= 11 is 5.84. The van der Waals surface area contributed by atoms with Crippen LogP contribution in [-0.4, -0.2) is 27.2 Å². The highest BCUT2D eigenvalue weighted by atomic mass is 35.5. The first-order valence-corrected chi connectivity index (χ1v) is 4.77. The van der Waals surface area contributed by atoms with Crippen molar-refractivity contribution in [3.63, 3.8) is 0 Å². The van der Waals surface area contributed by atoms with E-state index in [1.165, 1.54) is 10.7 Å². The molecule has 0 N–H and O–H groups in total. The maximum absolute atomic E-state index is 11.4. The molecule has 0 atom stereocenters. The fourth-order valence-electron chi connectivity index (χ4n) is 1.18. The zero-order valence-electron chi connectivity index (χ0n) is 7.98. The topological polar surface area (TPSA) is 56.5 Å². The van der Waals surface area contributed by atoms with Gasteiger partial charge in [0.25, 0.3) is 0 Å². The van der Waals surface area contributed by atoms with Crippen LogP contribution in [0.15, 0.2) is 18.5 Å². The molecule has 78 valence electrons. The Morgan fingerprint density at radius 1 is 1.67 bits per heavy atom. The molecule has 2 heterocycles. The summed E-state index contributed by atoms with van der Waals surface area (Å²) in [7, 11) is 0. The molecule has 0 aromatic carbocycles. The van der Waals surface area contributed by atoms with Crippen LogP contribution in [0.25, 0.3) is 5.65 Å². The molecule has 6 heteroatoms. The van der Waals surface area contributed by atoms with E-state index in [9.17, 15) is 4.79 Å². The summed E-state index contributed by atoms with van der Waals surface area (Å²) < 4.78 is 6.30. The van der Waals surface area contributed by atoms with Crippen LogP contribution in [0.4, 0.5) is 0 Å². The number of carbonyl (C=O) groups is 1. The van der Waals surface area contributed by atoms with Crippen LogP contribution in [-0.2, 0) is 4.74 Å². The number of fused-ring (bicyclic) bond motifs is 1. The second-order valence-corrected chi connectivity index (χ2v) is 3.16. The molecular weight excluding hydrogens is 218 g/mol. The van der Waals surface area contributed by atoms with E-state index in [1.54, 1.807) is 19.2 Å². The summed E-state index contributed by atoms with van der Waals surface area (Å²) in [5, 5.41) is 4.08. The molecule has 0 aliphatic rings. The van der Waals surface area contributed by atoms with Gasteiger partial charge in [-0.3, -0.25) is 0 Å². The quantitative estimate of drug-likeness (QED) is 0.575. The van der Waals surface area contributed by atoms with E-state index in [2.05, 4.69) is 10.1 Å². The molecule has 2 rings (SSSR count). The Morgan fingerprint density at radius 2 is 2.47 bits per heavy atom. The predicted molar refractivity (Wildman–Crippen MR) is 54.0 cm³/mol. The number of carbonyl (C=O) groups excluding carboxylic acids is 1. The summed E-state index contributed by atoms with van der Waals surface area (Å²) in [4.78, 5) is 15.4. The lowest BCUT2D eigenvalue weighted by atomic mass is 10.3. The third kappa shape index (κ3) is 1.78. The molecule has 0 fully saturated rings. The second kappa shape index (κ2) is 3.86. The maximum atomic E-state index is 11.4. The Morgan fingerprint density at radius 3 is 3.20 bits per heavy atom. The lowest BCUT2D eigenvalue weighted by Crippen LogP contribution is -2.08. The molecule has 2 aromatic heterocycles. The van der Waals surface area contributed by atoms with Crippen molar-refractivity contribution in [2.24, 2.45) is 0 Å². The van der Waals surface area contributed by atoms with E-state index >= 15 is 0 Å². The molecule has 0 aliphatic heterocycles. The smallest absolute Gasteiger partial charge is 0.342 e. The largest absolute Gasteiger partial charge is 0.462 e. The molecule has 0 aliphatic carbocycles. The highest BCUT2D eigenvalue weighted by Crippen LogP contribution is 2.15. The monoisotopic (exact) mass is 225 g/mol. The van der Waals surface area contributed by atoms with E-state index in [1.807, 2.05) is 0 Å². The normalized spacial score (nSPS) is 10.5.